The van der Waals surface area contributed by atoms with Gasteiger partial charge in [-0.15, -0.1) is 0 Å². The minimum absolute atomic E-state index is 0.0415. The Hall–Kier alpha value is -2.72. The van der Waals surface area contributed by atoms with Gasteiger partial charge in [0, 0.05) is 17.2 Å². The van der Waals surface area contributed by atoms with Gasteiger partial charge in [0.2, 0.25) is 5.91 Å². The number of carbonyl (C=O) groups is 1. The molecule has 10 heteroatoms. The fourth-order valence-electron chi connectivity index (χ4n) is 3.18. The van der Waals surface area contributed by atoms with Crippen molar-refractivity contribution < 1.29 is 17.6 Å². The van der Waals surface area contributed by atoms with Crippen LogP contribution in [-0.4, -0.2) is 30.4 Å². The molecule has 0 unspecified atom stereocenters. The average Bonchev–Trinajstić information content (AvgIpc) is 3.31. The second-order valence-electron chi connectivity index (χ2n) is 6.51. The summed E-state index contributed by atoms with van der Waals surface area (Å²) >= 11 is 3.15. The summed E-state index contributed by atoms with van der Waals surface area (Å²) in [6, 6.07) is 11.6. The summed E-state index contributed by atoms with van der Waals surface area (Å²) in [5, 5.41) is 2.32. The zero-order chi connectivity index (χ0) is 20.6. The zero-order valence-corrected chi connectivity index (χ0v) is 17.5. The Morgan fingerprint density at radius 3 is 2.83 bits per heavy atom. The summed E-state index contributed by atoms with van der Waals surface area (Å²) in [4.78, 5) is 16.2. The monoisotopic (exact) mass is 478 g/mol. The van der Waals surface area contributed by atoms with Gasteiger partial charge in [0.25, 0.3) is 10.0 Å². The lowest BCUT2D eigenvalue weighted by Gasteiger charge is -2.17. The Bertz CT molecular complexity index is 1200. The summed E-state index contributed by atoms with van der Waals surface area (Å²) in [7, 11) is -3.83. The lowest BCUT2D eigenvalue weighted by molar-refractivity contribution is -0.116. The van der Waals surface area contributed by atoms with E-state index < -0.39 is 21.7 Å². The zero-order valence-electron chi connectivity index (χ0n) is 15.0. The van der Waals surface area contributed by atoms with Crippen molar-refractivity contribution in [3.63, 3.8) is 0 Å². The normalized spacial score (nSPS) is 13.4. The average molecular weight is 479 g/mol. The molecular formula is C19H16BrFN4O3S. The number of hydrogen-bond acceptors (Lipinski definition) is 4. The number of fused-ring (bicyclic) bond motifs is 1. The van der Waals surface area contributed by atoms with E-state index in [1.165, 1.54) is 33.5 Å². The number of halogens is 2. The number of amides is 1. The van der Waals surface area contributed by atoms with E-state index in [4.69, 9.17) is 0 Å². The van der Waals surface area contributed by atoms with E-state index in [-0.39, 0.29) is 17.3 Å². The molecule has 0 spiro atoms. The van der Waals surface area contributed by atoms with Gasteiger partial charge in [0.05, 0.1) is 17.7 Å². The first-order chi connectivity index (χ1) is 13.8. The van der Waals surface area contributed by atoms with E-state index in [1.807, 2.05) is 12.1 Å². The fraction of sp³-hybridized carbons (Fsp3) is 0.158. The van der Waals surface area contributed by atoms with Crippen LogP contribution >= 0.6 is 15.9 Å². The highest BCUT2D eigenvalue weighted by Crippen LogP contribution is 2.32. The number of carbonyl (C=O) groups excluding carboxylic acids is 1. The predicted molar refractivity (Wildman–Crippen MR) is 110 cm³/mol. The molecule has 1 N–H and O–H groups in total. The molecule has 1 aliphatic heterocycles. The third-order valence-electron chi connectivity index (χ3n) is 4.54. The molecule has 150 valence electrons. The lowest BCUT2D eigenvalue weighted by Crippen LogP contribution is -2.29. The molecule has 0 bridgehead atoms. The molecule has 0 atom stereocenters. The van der Waals surface area contributed by atoms with Crippen molar-refractivity contribution in [2.75, 3.05) is 16.2 Å². The maximum Gasteiger partial charge on any atom is 0.283 e. The van der Waals surface area contributed by atoms with Gasteiger partial charge in [-0.2, -0.15) is 8.42 Å². The number of para-hydroxylation sites is 1. The van der Waals surface area contributed by atoms with Gasteiger partial charge < -0.3 is 9.88 Å². The van der Waals surface area contributed by atoms with Crippen molar-refractivity contribution in [1.29, 1.82) is 0 Å². The summed E-state index contributed by atoms with van der Waals surface area (Å²) in [6.07, 6.45) is 3.21. The van der Waals surface area contributed by atoms with E-state index in [0.29, 0.717) is 23.1 Å². The number of rotatable bonds is 5. The summed E-state index contributed by atoms with van der Waals surface area (Å²) in [5.74, 6) is -1.08. The molecule has 2 aromatic carbocycles. The largest absolute Gasteiger partial charge is 0.327 e. The Labute approximate surface area is 175 Å². The minimum atomic E-state index is -3.83. The van der Waals surface area contributed by atoms with Gasteiger partial charge in [-0.05, 0) is 36.2 Å². The number of aromatic nitrogens is 2. The van der Waals surface area contributed by atoms with Crippen LogP contribution in [0.3, 0.4) is 0 Å². The fourth-order valence-corrected chi connectivity index (χ4v) is 4.95. The number of hydrogen-bond donors (Lipinski definition) is 1. The van der Waals surface area contributed by atoms with E-state index in [1.54, 1.807) is 18.2 Å². The van der Waals surface area contributed by atoms with Crippen LogP contribution in [0.1, 0.15) is 5.56 Å². The first-order valence-electron chi connectivity index (χ1n) is 8.72. The highest BCUT2D eigenvalue weighted by molar-refractivity contribution is 9.10. The summed E-state index contributed by atoms with van der Waals surface area (Å²) < 4.78 is 43.0. The molecule has 0 saturated heterocycles. The van der Waals surface area contributed by atoms with Crippen molar-refractivity contribution in [2.45, 2.75) is 18.0 Å². The first kappa shape index (κ1) is 19.6. The molecule has 3 aromatic rings. The topological polar surface area (TPSA) is 84.3 Å². The van der Waals surface area contributed by atoms with E-state index in [0.717, 1.165) is 5.56 Å². The summed E-state index contributed by atoms with van der Waals surface area (Å²) in [5.41, 5.74) is 1.65. The van der Waals surface area contributed by atoms with Crippen LogP contribution in [0.4, 0.5) is 15.8 Å². The molecule has 2 heterocycles. The van der Waals surface area contributed by atoms with Crippen LogP contribution in [0, 0.1) is 5.82 Å². The molecule has 0 saturated carbocycles. The number of sulfonamides is 1. The molecule has 1 aromatic heterocycles. The van der Waals surface area contributed by atoms with Crippen molar-refractivity contribution in [2.24, 2.45) is 0 Å². The van der Waals surface area contributed by atoms with E-state index >= 15 is 0 Å². The van der Waals surface area contributed by atoms with E-state index in [2.05, 4.69) is 26.2 Å². The van der Waals surface area contributed by atoms with Gasteiger partial charge in [-0.3, -0.25) is 9.10 Å². The third-order valence-corrected chi connectivity index (χ3v) is 6.73. The Morgan fingerprint density at radius 2 is 2.03 bits per heavy atom. The Morgan fingerprint density at radius 1 is 1.24 bits per heavy atom. The van der Waals surface area contributed by atoms with Crippen LogP contribution in [0.5, 0.6) is 0 Å². The SMILES string of the molecule is O=C(Cn1cnc(S(=O)(=O)N2CCc3ccccc32)c1)Nc1ccc(Br)cc1F. The molecule has 0 aliphatic carbocycles. The number of anilines is 2. The highest BCUT2D eigenvalue weighted by atomic mass is 79.9. The van der Waals surface area contributed by atoms with Gasteiger partial charge in [-0.1, -0.05) is 34.1 Å². The Balaban J connectivity index is 1.49. The number of imidazole rings is 1. The maximum atomic E-state index is 13.9. The highest BCUT2D eigenvalue weighted by Gasteiger charge is 2.32. The first-order valence-corrected chi connectivity index (χ1v) is 11.0. The number of nitrogens with one attached hydrogen (secondary N) is 1. The lowest BCUT2D eigenvalue weighted by atomic mass is 10.2. The number of benzene rings is 2. The second kappa shape index (κ2) is 7.60. The molecule has 1 amide bonds. The molecular weight excluding hydrogens is 463 g/mol. The van der Waals surface area contributed by atoms with Crippen LogP contribution in [-0.2, 0) is 27.8 Å². The molecule has 0 fully saturated rings. The van der Waals surface area contributed by atoms with Gasteiger partial charge in [-0.25, -0.2) is 9.37 Å². The minimum Gasteiger partial charge on any atom is -0.327 e. The van der Waals surface area contributed by atoms with Crippen LogP contribution < -0.4 is 9.62 Å². The quantitative estimate of drug-likeness (QED) is 0.610. The van der Waals surface area contributed by atoms with Crippen molar-refractivity contribution in [3.8, 4) is 0 Å². The predicted octanol–water partition coefficient (Wildman–Crippen LogP) is 3.17. The Kier molecular flexibility index (Phi) is 5.13. The maximum absolute atomic E-state index is 13.9. The van der Waals surface area contributed by atoms with Crippen molar-refractivity contribution in [1.82, 2.24) is 9.55 Å². The number of nitrogens with zero attached hydrogens (tertiary/aromatic N) is 3. The van der Waals surface area contributed by atoms with Gasteiger partial charge in [0.1, 0.15) is 12.4 Å². The van der Waals surface area contributed by atoms with Gasteiger partial charge in [0.15, 0.2) is 5.03 Å². The molecule has 0 radical (unpaired) electrons. The van der Waals surface area contributed by atoms with Crippen LogP contribution in [0.2, 0.25) is 0 Å². The van der Waals surface area contributed by atoms with Crippen LogP contribution in [0.15, 0.2) is 64.5 Å². The molecule has 4 rings (SSSR count). The molecule has 1 aliphatic rings. The van der Waals surface area contributed by atoms with Crippen LogP contribution in [0.25, 0.3) is 0 Å². The van der Waals surface area contributed by atoms with Gasteiger partial charge >= 0.3 is 0 Å². The summed E-state index contributed by atoms with van der Waals surface area (Å²) in [6.45, 7) is 0.145. The molecule has 29 heavy (non-hydrogen) atoms. The third kappa shape index (κ3) is 3.90. The smallest absolute Gasteiger partial charge is 0.283 e. The second-order valence-corrected chi connectivity index (χ2v) is 9.24. The molecule has 7 nitrogen and oxygen atoms in total. The van der Waals surface area contributed by atoms with Crippen molar-refractivity contribution in [3.05, 3.63) is 70.8 Å². The standard InChI is InChI=1S/C19H16BrFN4O3S/c20-14-5-6-16(15(21)9-14)23-18(26)10-24-11-19(22-12-24)29(27,28)25-8-7-13-3-1-2-4-17(13)25/h1-6,9,11-12H,7-8,10H2,(H,23,26). The van der Waals surface area contributed by atoms with Crippen molar-refractivity contribution >= 4 is 43.2 Å². The van der Waals surface area contributed by atoms with E-state index in [9.17, 15) is 17.6 Å².